The number of aryl methyl sites for hydroxylation is 3. The molecular formula is C25H29N5O2. The summed E-state index contributed by atoms with van der Waals surface area (Å²) in [6, 6.07) is 17.8. The van der Waals surface area contributed by atoms with E-state index < -0.39 is 0 Å². The van der Waals surface area contributed by atoms with Gasteiger partial charge in [0, 0.05) is 42.6 Å². The maximum Gasteiger partial charge on any atom is 0.229 e. The SMILES string of the molecule is Cc1cccc(CCC(=O)Nc2ccc(Nc3nc(C)cc(N4CCOCC4)n3)cc2)c1. The number of nitrogens with zero attached hydrogens (tertiary/aromatic N) is 3. The van der Waals surface area contributed by atoms with Crippen LogP contribution in [-0.2, 0) is 16.0 Å². The highest BCUT2D eigenvalue weighted by Crippen LogP contribution is 2.21. The maximum absolute atomic E-state index is 12.3. The van der Waals surface area contributed by atoms with Gasteiger partial charge in [0.15, 0.2) is 0 Å². The van der Waals surface area contributed by atoms with Crippen LogP contribution in [0, 0.1) is 13.8 Å². The lowest BCUT2D eigenvalue weighted by molar-refractivity contribution is -0.116. The molecule has 2 aromatic carbocycles. The number of anilines is 4. The van der Waals surface area contributed by atoms with E-state index in [1.165, 1.54) is 11.1 Å². The zero-order valence-electron chi connectivity index (χ0n) is 18.6. The molecule has 166 valence electrons. The molecule has 0 atom stereocenters. The van der Waals surface area contributed by atoms with Crippen molar-refractivity contribution in [3.63, 3.8) is 0 Å². The molecular weight excluding hydrogens is 402 g/mol. The molecule has 0 saturated carbocycles. The van der Waals surface area contributed by atoms with Crippen LogP contribution in [0.1, 0.15) is 23.2 Å². The third-order valence-corrected chi connectivity index (χ3v) is 5.32. The van der Waals surface area contributed by atoms with Crippen LogP contribution in [0.3, 0.4) is 0 Å². The van der Waals surface area contributed by atoms with Crippen molar-refractivity contribution in [3.8, 4) is 0 Å². The van der Waals surface area contributed by atoms with E-state index >= 15 is 0 Å². The van der Waals surface area contributed by atoms with Crippen molar-refractivity contribution in [2.24, 2.45) is 0 Å². The molecule has 1 amide bonds. The Bertz CT molecular complexity index is 1060. The molecule has 0 bridgehead atoms. The highest BCUT2D eigenvalue weighted by molar-refractivity contribution is 5.91. The van der Waals surface area contributed by atoms with E-state index in [4.69, 9.17) is 4.74 Å². The number of hydrogen-bond donors (Lipinski definition) is 2. The van der Waals surface area contributed by atoms with Gasteiger partial charge in [-0.1, -0.05) is 29.8 Å². The number of aromatic nitrogens is 2. The Labute approximate surface area is 188 Å². The van der Waals surface area contributed by atoms with E-state index in [2.05, 4.69) is 50.6 Å². The molecule has 1 fully saturated rings. The minimum absolute atomic E-state index is 0.00406. The van der Waals surface area contributed by atoms with Crippen LogP contribution in [0.25, 0.3) is 0 Å². The molecule has 32 heavy (non-hydrogen) atoms. The van der Waals surface area contributed by atoms with E-state index in [0.29, 0.717) is 25.6 Å². The largest absolute Gasteiger partial charge is 0.378 e. The minimum atomic E-state index is 0.00406. The van der Waals surface area contributed by atoms with Crippen LogP contribution in [0.15, 0.2) is 54.6 Å². The van der Waals surface area contributed by atoms with Crippen LogP contribution in [0.4, 0.5) is 23.1 Å². The first-order chi connectivity index (χ1) is 15.5. The highest BCUT2D eigenvalue weighted by Gasteiger charge is 2.14. The molecule has 1 saturated heterocycles. The summed E-state index contributed by atoms with van der Waals surface area (Å²) in [6.45, 7) is 7.10. The number of nitrogens with one attached hydrogen (secondary N) is 2. The minimum Gasteiger partial charge on any atom is -0.378 e. The first kappa shape index (κ1) is 21.8. The predicted molar refractivity (Wildman–Crippen MR) is 128 cm³/mol. The molecule has 2 heterocycles. The van der Waals surface area contributed by atoms with Crippen molar-refractivity contribution in [2.45, 2.75) is 26.7 Å². The van der Waals surface area contributed by atoms with Gasteiger partial charge in [0.2, 0.25) is 11.9 Å². The number of rotatable bonds is 7. The summed E-state index contributed by atoms with van der Waals surface area (Å²) in [7, 11) is 0. The molecule has 2 N–H and O–H groups in total. The van der Waals surface area contributed by atoms with Crippen molar-refractivity contribution in [3.05, 3.63) is 71.4 Å². The topological polar surface area (TPSA) is 79.4 Å². The molecule has 4 rings (SSSR count). The lowest BCUT2D eigenvalue weighted by Gasteiger charge is -2.28. The summed E-state index contributed by atoms with van der Waals surface area (Å²) in [5.41, 5.74) is 4.92. The molecule has 3 aromatic rings. The van der Waals surface area contributed by atoms with E-state index in [-0.39, 0.29) is 5.91 Å². The van der Waals surface area contributed by atoms with Gasteiger partial charge in [-0.2, -0.15) is 4.98 Å². The summed E-state index contributed by atoms with van der Waals surface area (Å²) in [4.78, 5) is 23.7. The predicted octanol–water partition coefficient (Wildman–Crippen LogP) is 4.24. The van der Waals surface area contributed by atoms with Gasteiger partial charge < -0.3 is 20.3 Å². The van der Waals surface area contributed by atoms with Gasteiger partial charge in [0.05, 0.1) is 13.2 Å². The van der Waals surface area contributed by atoms with Crippen molar-refractivity contribution in [1.82, 2.24) is 9.97 Å². The van der Waals surface area contributed by atoms with Gasteiger partial charge in [0.25, 0.3) is 0 Å². The van der Waals surface area contributed by atoms with Crippen molar-refractivity contribution >= 4 is 29.0 Å². The molecule has 1 aromatic heterocycles. The molecule has 7 heteroatoms. The monoisotopic (exact) mass is 431 g/mol. The molecule has 0 radical (unpaired) electrons. The van der Waals surface area contributed by atoms with Crippen molar-refractivity contribution < 1.29 is 9.53 Å². The number of benzene rings is 2. The molecule has 0 unspecified atom stereocenters. The number of carbonyl (C=O) groups excluding carboxylic acids is 1. The van der Waals surface area contributed by atoms with Crippen LogP contribution in [0.2, 0.25) is 0 Å². The summed E-state index contributed by atoms with van der Waals surface area (Å²) in [5.74, 6) is 1.46. The number of hydrogen-bond acceptors (Lipinski definition) is 6. The van der Waals surface area contributed by atoms with Crippen LogP contribution >= 0.6 is 0 Å². The van der Waals surface area contributed by atoms with Gasteiger partial charge in [-0.25, -0.2) is 4.98 Å². The maximum atomic E-state index is 12.3. The van der Waals surface area contributed by atoms with Gasteiger partial charge in [-0.3, -0.25) is 4.79 Å². The van der Waals surface area contributed by atoms with Gasteiger partial charge in [-0.15, -0.1) is 0 Å². The van der Waals surface area contributed by atoms with Crippen LogP contribution < -0.4 is 15.5 Å². The molecule has 0 aliphatic carbocycles. The summed E-state index contributed by atoms with van der Waals surface area (Å²) in [5, 5.41) is 6.23. The molecule has 1 aliphatic rings. The summed E-state index contributed by atoms with van der Waals surface area (Å²) < 4.78 is 5.43. The van der Waals surface area contributed by atoms with E-state index in [0.717, 1.165) is 42.4 Å². The second-order valence-corrected chi connectivity index (χ2v) is 8.03. The zero-order valence-corrected chi connectivity index (χ0v) is 18.6. The van der Waals surface area contributed by atoms with E-state index in [1.807, 2.05) is 43.3 Å². The van der Waals surface area contributed by atoms with Gasteiger partial charge in [0.1, 0.15) is 5.82 Å². The third kappa shape index (κ3) is 6.04. The summed E-state index contributed by atoms with van der Waals surface area (Å²) in [6.07, 6.45) is 1.17. The Balaban J connectivity index is 1.33. The van der Waals surface area contributed by atoms with E-state index in [1.54, 1.807) is 0 Å². The first-order valence-electron chi connectivity index (χ1n) is 11.0. The Morgan fingerprint density at radius 2 is 1.75 bits per heavy atom. The fourth-order valence-corrected chi connectivity index (χ4v) is 3.68. The van der Waals surface area contributed by atoms with E-state index in [9.17, 15) is 4.79 Å². The number of morpholine rings is 1. The molecule has 7 nitrogen and oxygen atoms in total. The lowest BCUT2D eigenvalue weighted by atomic mass is 10.1. The fraction of sp³-hybridized carbons (Fsp3) is 0.320. The Morgan fingerprint density at radius 1 is 1.00 bits per heavy atom. The average Bonchev–Trinajstić information content (AvgIpc) is 2.79. The lowest BCUT2D eigenvalue weighted by Crippen LogP contribution is -2.36. The van der Waals surface area contributed by atoms with Crippen molar-refractivity contribution in [1.29, 1.82) is 0 Å². The van der Waals surface area contributed by atoms with Gasteiger partial charge >= 0.3 is 0 Å². The average molecular weight is 432 g/mol. The fourth-order valence-electron chi connectivity index (χ4n) is 3.68. The third-order valence-electron chi connectivity index (χ3n) is 5.32. The zero-order chi connectivity index (χ0) is 22.3. The summed E-state index contributed by atoms with van der Waals surface area (Å²) >= 11 is 0. The Morgan fingerprint density at radius 3 is 2.50 bits per heavy atom. The highest BCUT2D eigenvalue weighted by atomic mass is 16.5. The second-order valence-electron chi connectivity index (χ2n) is 8.03. The van der Waals surface area contributed by atoms with Crippen LogP contribution in [0.5, 0.6) is 0 Å². The molecule has 1 aliphatic heterocycles. The second kappa shape index (κ2) is 10.2. The quantitative estimate of drug-likeness (QED) is 0.582. The number of carbonyl (C=O) groups is 1. The first-order valence-corrected chi connectivity index (χ1v) is 11.0. The molecule has 0 spiro atoms. The Hall–Kier alpha value is -3.45. The number of amides is 1. The normalized spacial score (nSPS) is 13.6. The number of ether oxygens (including phenoxy) is 1. The van der Waals surface area contributed by atoms with Crippen LogP contribution in [-0.4, -0.2) is 42.2 Å². The van der Waals surface area contributed by atoms with Crippen molar-refractivity contribution in [2.75, 3.05) is 41.8 Å². The standard InChI is InChI=1S/C25H29N5O2/c1-18-4-3-5-20(16-18)6-11-24(31)27-21-7-9-22(10-8-21)28-25-26-19(2)17-23(29-25)30-12-14-32-15-13-30/h3-5,7-10,16-17H,6,11-15H2,1-2H3,(H,27,31)(H,26,28,29). The Kier molecular flexibility index (Phi) is 6.97. The smallest absolute Gasteiger partial charge is 0.229 e. The van der Waals surface area contributed by atoms with Gasteiger partial charge in [-0.05, 0) is 50.1 Å².